The van der Waals surface area contributed by atoms with Crippen LogP contribution in [0.2, 0.25) is 0 Å². The Bertz CT molecular complexity index is 2450. The number of nitrogen functional groups attached to an aromatic ring is 2. The maximum absolute atomic E-state index is 6.51. The van der Waals surface area contributed by atoms with Gasteiger partial charge in [0, 0.05) is 71.2 Å². The molecule has 0 spiro atoms. The quantitative estimate of drug-likeness (QED) is 0.116. The number of pyridine rings is 2. The van der Waals surface area contributed by atoms with Crippen molar-refractivity contribution in [2.75, 3.05) is 35.4 Å². The second kappa shape index (κ2) is 14.4. The Morgan fingerprint density at radius 1 is 0.463 bits per heavy atom. The number of anilines is 6. The van der Waals surface area contributed by atoms with Gasteiger partial charge in [0.1, 0.15) is 0 Å². The smallest absolute Gasteiger partial charge is 0.219 e. The summed E-state index contributed by atoms with van der Waals surface area (Å²) in [4.78, 5) is 4.48. The average Bonchev–Trinajstić information content (AvgIpc) is 3.21. The van der Waals surface area contributed by atoms with Gasteiger partial charge in [0.05, 0.1) is 22.1 Å². The largest absolute Gasteiger partial charge is 0.398 e. The summed E-state index contributed by atoms with van der Waals surface area (Å²) in [6, 6.07) is 51.5. The molecule has 0 fully saturated rings. The third kappa shape index (κ3) is 6.47. The number of aryl methyl sites for hydroxylation is 2. The lowest BCUT2D eigenvalue weighted by atomic mass is 10.00. The molecule has 0 bridgehead atoms. The van der Waals surface area contributed by atoms with Crippen LogP contribution in [-0.2, 0) is 13.1 Å². The third-order valence-corrected chi connectivity index (χ3v) is 10.8. The van der Waals surface area contributed by atoms with Crippen LogP contribution in [0.25, 0.3) is 32.9 Å². The molecule has 0 unspecified atom stereocenters. The summed E-state index contributed by atoms with van der Waals surface area (Å²) < 4.78 is 4.65. The average molecular weight is 707 g/mol. The first-order valence-electron chi connectivity index (χ1n) is 18.4. The van der Waals surface area contributed by atoms with Gasteiger partial charge in [-0.1, -0.05) is 72.8 Å². The molecule has 0 saturated carbocycles. The number of aromatic nitrogens is 2. The lowest BCUT2D eigenvalue weighted by Crippen LogP contribution is -2.36. The van der Waals surface area contributed by atoms with E-state index in [0.29, 0.717) is 0 Å². The number of nitrogens with zero attached hydrogens (tertiary/aromatic N) is 4. The number of nitrogens with two attached hydrogens (primary N) is 2. The first-order valence-corrected chi connectivity index (χ1v) is 18.4. The molecule has 4 N–H and O–H groups in total. The van der Waals surface area contributed by atoms with Crippen molar-refractivity contribution in [1.82, 2.24) is 0 Å². The molecule has 0 atom stereocenters. The first-order chi connectivity index (χ1) is 26.3. The van der Waals surface area contributed by atoms with E-state index < -0.39 is 0 Å². The van der Waals surface area contributed by atoms with E-state index in [4.69, 9.17) is 11.5 Å². The Kier molecular flexibility index (Phi) is 9.18. The van der Waals surface area contributed by atoms with E-state index in [1.54, 1.807) is 0 Å². The molecular weight excluding hydrogens is 661 g/mol. The molecule has 266 valence electrons. The van der Waals surface area contributed by atoms with Crippen LogP contribution in [0.5, 0.6) is 0 Å². The summed E-state index contributed by atoms with van der Waals surface area (Å²) in [5.74, 6) is 0. The minimum Gasteiger partial charge on any atom is -0.398 e. The summed E-state index contributed by atoms with van der Waals surface area (Å²) in [5, 5.41) is 2.34. The van der Waals surface area contributed by atoms with E-state index in [1.165, 1.54) is 33.0 Å². The van der Waals surface area contributed by atoms with Crippen molar-refractivity contribution in [2.45, 2.75) is 26.9 Å². The summed E-state index contributed by atoms with van der Waals surface area (Å²) in [6.07, 6.45) is 4.38. The molecule has 2 heterocycles. The molecule has 8 rings (SSSR count). The van der Waals surface area contributed by atoms with Gasteiger partial charge < -0.3 is 21.3 Å². The minimum atomic E-state index is 0.718. The zero-order valence-corrected chi connectivity index (χ0v) is 31.4. The predicted molar refractivity (Wildman–Crippen MR) is 226 cm³/mol. The molecule has 0 radical (unpaired) electrons. The maximum Gasteiger partial charge on any atom is 0.219 e. The fourth-order valence-electron chi connectivity index (χ4n) is 7.76. The van der Waals surface area contributed by atoms with E-state index >= 15 is 0 Å². The van der Waals surface area contributed by atoms with Gasteiger partial charge in [0.25, 0.3) is 0 Å². The number of hydrogen-bond donors (Lipinski definition) is 2. The molecule has 0 amide bonds. The molecule has 0 aliphatic carbocycles. The highest BCUT2D eigenvalue weighted by molar-refractivity contribution is 5.96. The number of benzene rings is 6. The predicted octanol–water partition coefficient (Wildman–Crippen LogP) is 9.65. The molecule has 6 heteroatoms. The molecule has 0 aliphatic heterocycles. The van der Waals surface area contributed by atoms with Crippen molar-refractivity contribution >= 4 is 55.9 Å². The third-order valence-electron chi connectivity index (χ3n) is 10.8. The second-order valence-electron chi connectivity index (χ2n) is 14.2. The SMILES string of the molecule is Cc1c(N)ccc2c(N(C)c3ccccc3)cc[n+](Cc3cccc(-c4cccc(C[n+]5ccc(N(C)c6ccccc6)c6ccc(N)c(C)c65)c4)c3)c12. The molecule has 0 saturated heterocycles. The van der Waals surface area contributed by atoms with E-state index in [1.807, 2.05) is 24.3 Å². The van der Waals surface area contributed by atoms with Crippen molar-refractivity contribution in [2.24, 2.45) is 0 Å². The monoisotopic (exact) mass is 706 g/mol. The Hall–Kier alpha value is -6.66. The second-order valence-corrected chi connectivity index (χ2v) is 14.2. The number of hydrogen-bond acceptors (Lipinski definition) is 4. The van der Waals surface area contributed by atoms with Crippen LogP contribution < -0.4 is 30.4 Å². The topological polar surface area (TPSA) is 66.3 Å². The van der Waals surface area contributed by atoms with Gasteiger partial charge in [-0.25, -0.2) is 0 Å². The molecule has 54 heavy (non-hydrogen) atoms. The zero-order valence-electron chi connectivity index (χ0n) is 31.4. The van der Waals surface area contributed by atoms with Gasteiger partial charge in [0.15, 0.2) is 25.5 Å². The van der Waals surface area contributed by atoms with E-state index in [2.05, 4.69) is 181 Å². The maximum atomic E-state index is 6.51. The lowest BCUT2D eigenvalue weighted by Gasteiger charge is -2.21. The minimum absolute atomic E-state index is 0.718. The fourth-order valence-corrected chi connectivity index (χ4v) is 7.76. The number of fused-ring (bicyclic) bond motifs is 2. The highest BCUT2D eigenvalue weighted by Gasteiger charge is 2.22. The van der Waals surface area contributed by atoms with E-state index in [9.17, 15) is 0 Å². The van der Waals surface area contributed by atoms with Crippen LogP contribution in [0.4, 0.5) is 34.1 Å². The highest BCUT2D eigenvalue weighted by Crippen LogP contribution is 2.34. The Balaban J connectivity index is 1.11. The van der Waals surface area contributed by atoms with Crippen LogP contribution in [0.15, 0.2) is 158 Å². The van der Waals surface area contributed by atoms with Gasteiger partial charge in [-0.3, -0.25) is 0 Å². The van der Waals surface area contributed by atoms with Crippen LogP contribution in [-0.4, -0.2) is 14.1 Å². The lowest BCUT2D eigenvalue weighted by molar-refractivity contribution is -0.662. The molecule has 0 aliphatic rings. The zero-order chi connectivity index (χ0) is 37.3. The molecule has 2 aromatic heterocycles. The van der Waals surface area contributed by atoms with E-state index in [-0.39, 0.29) is 0 Å². The van der Waals surface area contributed by atoms with Gasteiger partial charge >= 0.3 is 0 Å². The molecular formula is C48H46N6+2. The van der Waals surface area contributed by atoms with Gasteiger partial charge in [0.2, 0.25) is 11.0 Å². The van der Waals surface area contributed by atoms with Crippen molar-refractivity contribution in [3.05, 3.63) is 180 Å². The Morgan fingerprint density at radius 2 is 0.870 bits per heavy atom. The van der Waals surface area contributed by atoms with Crippen LogP contribution in [0.1, 0.15) is 22.3 Å². The van der Waals surface area contributed by atoms with Crippen LogP contribution in [0, 0.1) is 13.8 Å². The Labute approximate surface area is 317 Å². The van der Waals surface area contributed by atoms with Gasteiger partial charge in [-0.2, -0.15) is 9.13 Å². The summed E-state index contributed by atoms with van der Waals surface area (Å²) >= 11 is 0. The number of para-hydroxylation sites is 2. The number of rotatable bonds is 9. The first kappa shape index (κ1) is 34.4. The van der Waals surface area contributed by atoms with Crippen molar-refractivity contribution in [1.29, 1.82) is 0 Å². The van der Waals surface area contributed by atoms with Gasteiger partial charge in [-0.05, 0) is 85.6 Å². The van der Waals surface area contributed by atoms with Crippen LogP contribution in [0.3, 0.4) is 0 Å². The molecule has 6 aromatic carbocycles. The normalized spacial score (nSPS) is 11.3. The van der Waals surface area contributed by atoms with Gasteiger partial charge in [-0.15, -0.1) is 0 Å². The van der Waals surface area contributed by atoms with Crippen LogP contribution >= 0.6 is 0 Å². The summed E-state index contributed by atoms with van der Waals surface area (Å²) in [5.41, 5.74) is 28.4. The fraction of sp³-hybridized carbons (Fsp3) is 0.125. The van der Waals surface area contributed by atoms with E-state index in [0.717, 1.165) is 69.4 Å². The van der Waals surface area contributed by atoms with Crippen molar-refractivity contribution in [3.63, 3.8) is 0 Å². The van der Waals surface area contributed by atoms with Crippen molar-refractivity contribution in [3.8, 4) is 11.1 Å². The molecule has 6 nitrogen and oxygen atoms in total. The highest BCUT2D eigenvalue weighted by atomic mass is 15.1. The summed E-state index contributed by atoms with van der Waals surface area (Å²) in [7, 11) is 4.24. The van der Waals surface area contributed by atoms with Crippen molar-refractivity contribution < 1.29 is 9.13 Å². The molecule has 8 aromatic rings. The summed E-state index contributed by atoms with van der Waals surface area (Å²) in [6.45, 7) is 5.68. The standard InChI is InChI=1S/C48H44N6/c1-33-43(49)23-21-41-45(51(3)39-17-7-5-8-18-39)25-27-53(47(33)41)31-35-13-11-15-37(29-35)38-16-12-14-36(30-38)32-54-28-26-46(52(4)40-19-9-6-10-20-40)42-22-24-44(50)34(2)48(42)54/h5-30,49-50H,31-32H2,1-4H3/p+2. The Morgan fingerprint density at radius 3 is 1.28 bits per heavy atom.